The second-order valence-corrected chi connectivity index (χ2v) is 14.9. The molecule has 0 aliphatic rings. The standard InChI is InChI=1S/C47H84O6/c1-4-7-10-13-16-18-20-22-23-24-25-26-28-29-31-34-37-40-46(49)52-43-44(42-51-45(48)39-36-33-15-12-9-6-3)53-47(50)41-38-35-32-30-27-21-19-17-14-11-8-5-2/h7,10,16,18,22-23,44H,4-6,8-9,11-15,17,19-21,24-43H2,1-3H3/b10-7-,18-16-,23-22-. The maximum atomic E-state index is 12.7. The van der Waals surface area contributed by atoms with E-state index in [0.717, 1.165) is 83.5 Å². The van der Waals surface area contributed by atoms with Crippen LogP contribution in [0.2, 0.25) is 0 Å². The Morgan fingerprint density at radius 2 is 0.736 bits per heavy atom. The Labute approximate surface area is 327 Å². The number of unbranched alkanes of at least 4 members (excludes halogenated alkanes) is 23. The molecule has 0 saturated carbocycles. The molecule has 0 fully saturated rings. The molecule has 0 radical (unpaired) electrons. The maximum absolute atomic E-state index is 12.7. The Kier molecular flexibility index (Phi) is 40.5. The van der Waals surface area contributed by atoms with Crippen LogP contribution in [-0.2, 0) is 28.6 Å². The SMILES string of the molecule is CC/C=C\C/C=C\C/C=C\CCCCCCCCCC(=O)OCC(COC(=O)CCCCCCCC)OC(=O)CCCCCCCCCCCCCC. The minimum Gasteiger partial charge on any atom is -0.462 e. The van der Waals surface area contributed by atoms with Crippen LogP contribution < -0.4 is 0 Å². The lowest BCUT2D eigenvalue weighted by Gasteiger charge is -2.18. The molecule has 0 rings (SSSR count). The zero-order chi connectivity index (χ0) is 38.7. The Bertz CT molecular complexity index is 907. The highest BCUT2D eigenvalue weighted by atomic mass is 16.6. The predicted octanol–water partition coefficient (Wildman–Crippen LogP) is 14.2. The lowest BCUT2D eigenvalue weighted by molar-refractivity contribution is -0.167. The van der Waals surface area contributed by atoms with Crippen LogP contribution in [0.25, 0.3) is 0 Å². The minimum atomic E-state index is -0.767. The topological polar surface area (TPSA) is 78.9 Å². The van der Waals surface area contributed by atoms with E-state index >= 15 is 0 Å². The second kappa shape index (κ2) is 42.4. The van der Waals surface area contributed by atoms with Crippen molar-refractivity contribution in [2.24, 2.45) is 0 Å². The van der Waals surface area contributed by atoms with E-state index < -0.39 is 6.10 Å². The summed E-state index contributed by atoms with van der Waals surface area (Å²) in [5.41, 5.74) is 0. The summed E-state index contributed by atoms with van der Waals surface area (Å²) in [6.45, 7) is 6.45. The summed E-state index contributed by atoms with van der Waals surface area (Å²) in [4.78, 5) is 37.5. The number of esters is 3. The van der Waals surface area contributed by atoms with Crippen molar-refractivity contribution in [1.29, 1.82) is 0 Å². The minimum absolute atomic E-state index is 0.0735. The molecule has 0 aromatic carbocycles. The van der Waals surface area contributed by atoms with Crippen LogP contribution in [0.1, 0.15) is 226 Å². The van der Waals surface area contributed by atoms with Gasteiger partial charge in [0.2, 0.25) is 0 Å². The molecule has 6 nitrogen and oxygen atoms in total. The third-order valence-electron chi connectivity index (χ3n) is 9.66. The maximum Gasteiger partial charge on any atom is 0.306 e. The van der Waals surface area contributed by atoms with Crippen molar-refractivity contribution in [3.63, 3.8) is 0 Å². The fourth-order valence-electron chi connectivity index (χ4n) is 6.28. The van der Waals surface area contributed by atoms with Gasteiger partial charge in [0.25, 0.3) is 0 Å². The number of hydrogen-bond acceptors (Lipinski definition) is 6. The van der Waals surface area contributed by atoms with Crippen LogP contribution in [0.3, 0.4) is 0 Å². The van der Waals surface area contributed by atoms with Crippen LogP contribution in [-0.4, -0.2) is 37.2 Å². The first-order valence-electron chi connectivity index (χ1n) is 22.5. The van der Waals surface area contributed by atoms with Crippen molar-refractivity contribution in [3.8, 4) is 0 Å². The quantitative estimate of drug-likeness (QED) is 0.0269. The summed E-state index contributed by atoms with van der Waals surface area (Å²) < 4.78 is 16.6. The van der Waals surface area contributed by atoms with Gasteiger partial charge in [-0.2, -0.15) is 0 Å². The van der Waals surface area contributed by atoms with Gasteiger partial charge in [0, 0.05) is 19.3 Å². The molecular weight excluding hydrogens is 661 g/mol. The van der Waals surface area contributed by atoms with Crippen LogP contribution in [0, 0.1) is 0 Å². The van der Waals surface area contributed by atoms with E-state index in [1.54, 1.807) is 0 Å². The van der Waals surface area contributed by atoms with E-state index in [1.165, 1.54) is 103 Å². The molecule has 1 atom stereocenters. The molecule has 53 heavy (non-hydrogen) atoms. The highest BCUT2D eigenvalue weighted by Crippen LogP contribution is 2.14. The van der Waals surface area contributed by atoms with Gasteiger partial charge in [-0.15, -0.1) is 0 Å². The van der Waals surface area contributed by atoms with Gasteiger partial charge in [-0.3, -0.25) is 14.4 Å². The van der Waals surface area contributed by atoms with E-state index in [0.29, 0.717) is 19.3 Å². The average Bonchev–Trinajstić information content (AvgIpc) is 3.15. The molecule has 1 unspecified atom stereocenters. The van der Waals surface area contributed by atoms with Crippen LogP contribution in [0.5, 0.6) is 0 Å². The van der Waals surface area contributed by atoms with Crippen molar-refractivity contribution in [2.45, 2.75) is 232 Å². The first-order chi connectivity index (χ1) is 26.0. The first kappa shape index (κ1) is 50.6. The highest BCUT2D eigenvalue weighted by Gasteiger charge is 2.19. The number of carbonyl (C=O) groups excluding carboxylic acids is 3. The number of allylic oxidation sites excluding steroid dienone is 6. The molecule has 0 aromatic rings. The fraction of sp³-hybridized carbons (Fsp3) is 0.809. The van der Waals surface area contributed by atoms with E-state index in [4.69, 9.17) is 14.2 Å². The highest BCUT2D eigenvalue weighted by molar-refractivity contribution is 5.71. The van der Waals surface area contributed by atoms with Crippen molar-refractivity contribution in [3.05, 3.63) is 36.5 Å². The molecule has 0 saturated heterocycles. The smallest absolute Gasteiger partial charge is 0.306 e. The van der Waals surface area contributed by atoms with Gasteiger partial charge in [0.05, 0.1) is 0 Å². The van der Waals surface area contributed by atoms with Crippen molar-refractivity contribution >= 4 is 17.9 Å². The Balaban J connectivity index is 4.25. The fourth-order valence-corrected chi connectivity index (χ4v) is 6.28. The van der Waals surface area contributed by atoms with E-state index in [9.17, 15) is 14.4 Å². The summed E-state index contributed by atoms with van der Waals surface area (Å²) in [6.07, 6.45) is 47.1. The molecule has 0 amide bonds. The molecule has 0 heterocycles. The molecule has 0 aromatic heterocycles. The van der Waals surface area contributed by atoms with Gasteiger partial charge >= 0.3 is 17.9 Å². The lowest BCUT2D eigenvalue weighted by Crippen LogP contribution is -2.30. The van der Waals surface area contributed by atoms with Crippen LogP contribution >= 0.6 is 0 Å². The van der Waals surface area contributed by atoms with Crippen molar-refractivity contribution in [1.82, 2.24) is 0 Å². The van der Waals surface area contributed by atoms with Crippen LogP contribution in [0.4, 0.5) is 0 Å². The zero-order valence-electron chi connectivity index (χ0n) is 35.0. The molecule has 0 aliphatic carbocycles. The van der Waals surface area contributed by atoms with E-state index in [-0.39, 0.29) is 31.1 Å². The Morgan fingerprint density at radius 3 is 1.15 bits per heavy atom. The predicted molar refractivity (Wildman–Crippen MR) is 224 cm³/mol. The monoisotopic (exact) mass is 745 g/mol. The normalized spacial score (nSPS) is 12.3. The lowest BCUT2D eigenvalue weighted by atomic mass is 10.0. The number of carbonyl (C=O) groups is 3. The van der Waals surface area contributed by atoms with Crippen molar-refractivity contribution in [2.75, 3.05) is 13.2 Å². The van der Waals surface area contributed by atoms with E-state index in [2.05, 4.69) is 57.2 Å². The summed E-state index contributed by atoms with van der Waals surface area (Å²) in [7, 11) is 0. The first-order valence-corrected chi connectivity index (χ1v) is 22.5. The molecular formula is C47H84O6. The summed E-state index contributed by atoms with van der Waals surface area (Å²) in [5, 5.41) is 0. The second-order valence-electron chi connectivity index (χ2n) is 14.9. The number of hydrogen-bond donors (Lipinski definition) is 0. The molecule has 6 heteroatoms. The van der Waals surface area contributed by atoms with Gasteiger partial charge in [-0.25, -0.2) is 0 Å². The van der Waals surface area contributed by atoms with Crippen LogP contribution in [0.15, 0.2) is 36.5 Å². The van der Waals surface area contributed by atoms with Gasteiger partial charge < -0.3 is 14.2 Å². The van der Waals surface area contributed by atoms with Crippen molar-refractivity contribution < 1.29 is 28.6 Å². The molecule has 0 spiro atoms. The molecule has 0 bridgehead atoms. The third-order valence-corrected chi connectivity index (χ3v) is 9.66. The van der Waals surface area contributed by atoms with Gasteiger partial charge in [0.1, 0.15) is 13.2 Å². The molecule has 0 aliphatic heterocycles. The number of ether oxygens (including phenoxy) is 3. The molecule has 0 N–H and O–H groups in total. The third kappa shape index (κ3) is 40.6. The summed E-state index contributed by atoms with van der Waals surface area (Å²) in [6, 6.07) is 0. The Hall–Kier alpha value is -2.37. The van der Waals surface area contributed by atoms with E-state index in [1.807, 2.05) is 0 Å². The van der Waals surface area contributed by atoms with Gasteiger partial charge in [-0.05, 0) is 51.4 Å². The summed E-state index contributed by atoms with van der Waals surface area (Å²) in [5.74, 6) is -0.891. The average molecular weight is 745 g/mol. The number of rotatable bonds is 40. The summed E-state index contributed by atoms with van der Waals surface area (Å²) >= 11 is 0. The van der Waals surface area contributed by atoms with Gasteiger partial charge in [-0.1, -0.05) is 192 Å². The molecule has 308 valence electrons. The van der Waals surface area contributed by atoms with Gasteiger partial charge in [0.15, 0.2) is 6.10 Å². The Morgan fingerprint density at radius 1 is 0.396 bits per heavy atom. The largest absolute Gasteiger partial charge is 0.462 e. The zero-order valence-corrected chi connectivity index (χ0v) is 35.0.